The van der Waals surface area contributed by atoms with E-state index >= 15 is 0 Å². The molecule has 0 bridgehead atoms. The molecule has 1 fully saturated rings. The molecule has 0 spiro atoms. The third-order valence-corrected chi connectivity index (χ3v) is 3.12. The van der Waals surface area contributed by atoms with E-state index in [0.717, 1.165) is 12.5 Å². The van der Waals surface area contributed by atoms with Crippen LogP contribution < -0.4 is 10.6 Å². The summed E-state index contributed by atoms with van der Waals surface area (Å²) in [6, 6.07) is 8.44. The molecule has 86 valence electrons. The average Bonchev–Trinajstić information content (AvgIpc) is 3.02. The van der Waals surface area contributed by atoms with Gasteiger partial charge in [-0.15, -0.1) is 0 Å². The van der Waals surface area contributed by atoms with Crippen molar-refractivity contribution >= 4 is 5.91 Å². The van der Waals surface area contributed by atoms with Crippen LogP contribution in [0.15, 0.2) is 24.3 Å². The molecule has 16 heavy (non-hydrogen) atoms. The van der Waals surface area contributed by atoms with Gasteiger partial charge >= 0.3 is 0 Å². The van der Waals surface area contributed by atoms with Crippen LogP contribution in [0.25, 0.3) is 0 Å². The molecule has 0 heterocycles. The Morgan fingerprint density at radius 3 is 2.50 bits per heavy atom. The zero-order valence-corrected chi connectivity index (χ0v) is 9.79. The lowest BCUT2D eigenvalue weighted by Gasteiger charge is -2.05. The van der Waals surface area contributed by atoms with Crippen molar-refractivity contribution in [1.82, 2.24) is 10.6 Å². The van der Waals surface area contributed by atoms with Gasteiger partial charge in [0.25, 0.3) is 5.91 Å². The van der Waals surface area contributed by atoms with Crippen molar-refractivity contribution in [2.45, 2.75) is 25.9 Å². The zero-order valence-electron chi connectivity index (χ0n) is 9.79. The fourth-order valence-corrected chi connectivity index (χ4v) is 1.77. The van der Waals surface area contributed by atoms with Crippen LogP contribution in [0, 0.1) is 5.92 Å². The van der Waals surface area contributed by atoms with Crippen LogP contribution in [0.2, 0.25) is 0 Å². The molecule has 3 nitrogen and oxygen atoms in total. The highest BCUT2D eigenvalue weighted by Crippen LogP contribution is 2.29. The van der Waals surface area contributed by atoms with E-state index in [9.17, 15) is 4.79 Å². The largest absolute Gasteiger partial charge is 0.355 e. The van der Waals surface area contributed by atoms with E-state index in [1.54, 1.807) is 7.05 Å². The first-order valence-electron chi connectivity index (χ1n) is 5.75. The Balaban J connectivity index is 1.89. The molecule has 0 radical (unpaired) electrons. The first-order chi connectivity index (χ1) is 7.70. The van der Waals surface area contributed by atoms with Crippen LogP contribution >= 0.6 is 0 Å². The molecule has 2 N–H and O–H groups in total. The minimum absolute atomic E-state index is 0.0321. The first-order valence-corrected chi connectivity index (χ1v) is 5.75. The van der Waals surface area contributed by atoms with E-state index in [4.69, 9.17) is 0 Å². The monoisotopic (exact) mass is 218 g/mol. The van der Waals surface area contributed by atoms with Crippen molar-refractivity contribution in [3.63, 3.8) is 0 Å². The summed E-state index contributed by atoms with van der Waals surface area (Å²) in [6.45, 7) is 3.15. The van der Waals surface area contributed by atoms with Crippen molar-refractivity contribution < 1.29 is 4.79 Å². The molecule has 1 aliphatic rings. The second-order valence-electron chi connectivity index (χ2n) is 4.48. The molecule has 0 aliphatic heterocycles. The predicted octanol–water partition coefficient (Wildman–Crippen LogP) is 1.54. The van der Waals surface area contributed by atoms with Gasteiger partial charge in [0.15, 0.2) is 0 Å². The fourth-order valence-electron chi connectivity index (χ4n) is 1.77. The lowest BCUT2D eigenvalue weighted by molar-refractivity contribution is 0.0963. The number of benzene rings is 1. The molecule has 0 aromatic heterocycles. The Bertz CT molecular complexity index is 372. The number of rotatable bonds is 4. The first kappa shape index (κ1) is 11.1. The molecular formula is C13H18N2O. The average molecular weight is 218 g/mol. The van der Waals surface area contributed by atoms with Crippen LogP contribution in [0.5, 0.6) is 0 Å². The van der Waals surface area contributed by atoms with E-state index in [1.807, 2.05) is 24.3 Å². The SMILES string of the molecule is CNC(=O)c1ccc(CNC2CC2C)cc1. The quantitative estimate of drug-likeness (QED) is 0.805. The maximum Gasteiger partial charge on any atom is 0.251 e. The molecule has 0 saturated heterocycles. The van der Waals surface area contributed by atoms with Crippen LogP contribution in [0.4, 0.5) is 0 Å². The molecule has 1 saturated carbocycles. The summed E-state index contributed by atoms with van der Waals surface area (Å²) in [7, 11) is 1.65. The predicted molar refractivity (Wildman–Crippen MR) is 64.2 cm³/mol. The van der Waals surface area contributed by atoms with Crippen LogP contribution in [-0.2, 0) is 6.54 Å². The highest BCUT2D eigenvalue weighted by molar-refractivity contribution is 5.93. The Kier molecular flexibility index (Phi) is 3.25. The van der Waals surface area contributed by atoms with Gasteiger partial charge in [0.1, 0.15) is 0 Å². The normalized spacial score (nSPS) is 22.9. The standard InChI is InChI=1S/C13H18N2O/c1-9-7-12(9)15-8-10-3-5-11(6-4-10)13(16)14-2/h3-6,9,12,15H,7-8H2,1-2H3,(H,14,16). The van der Waals surface area contributed by atoms with E-state index in [1.165, 1.54) is 12.0 Å². The summed E-state index contributed by atoms with van der Waals surface area (Å²) < 4.78 is 0. The molecular weight excluding hydrogens is 200 g/mol. The van der Waals surface area contributed by atoms with Crippen LogP contribution in [0.1, 0.15) is 29.3 Å². The number of carbonyl (C=O) groups excluding carboxylic acids is 1. The molecule has 2 unspecified atom stereocenters. The van der Waals surface area contributed by atoms with Crippen LogP contribution in [-0.4, -0.2) is 19.0 Å². The summed E-state index contributed by atoms with van der Waals surface area (Å²) in [6.07, 6.45) is 1.29. The highest BCUT2D eigenvalue weighted by atomic mass is 16.1. The maximum atomic E-state index is 11.3. The van der Waals surface area contributed by atoms with Crippen molar-refractivity contribution in [3.8, 4) is 0 Å². The fraction of sp³-hybridized carbons (Fsp3) is 0.462. The van der Waals surface area contributed by atoms with E-state index in [2.05, 4.69) is 17.6 Å². The minimum atomic E-state index is -0.0321. The summed E-state index contributed by atoms with van der Waals surface area (Å²) in [5, 5.41) is 6.10. The Labute approximate surface area is 96.2 Å². The Hall–Kier alpha value is -1.35. The van der Waals surface area contributed by atoms with Gasteiger partial charge in [-0.2, -0.15) is 0 Å². The number of nitrogens with one attached hydrogen (secondary N) is 2. The van der Waals surface area contributed by atoms with E-state index < -0.39 is 0 Å². The van der Waals surface area contributed by atoms with Gasteiger partial charge in [0.05, 0.1) is 0 Å². The van der Waals surface area contributed by atoms with Gasteiger partial charge in [-0.1, -0.05) is 19.1 Å². The second-order valence-corrected chi connectivity index (χ2v) is 4.48. The van der Waals surface area contributed by atoms with Gasteiger partial charge in [0, 0.05) is 25.2 Å². The van der Waals surface area contributed by atoms with Gasteiger partial charge in [0.2, 0.25) is 0 Å². The summed E-state index contributed by atoms with van der Waals surface area (Å²) in [4.78, 5) is 11.3. The van der Waals surface area contributed by atoms with Crippen molar-refractivity contribution in [2.24, 2.45) is 5.92 Å². The zero-order chi connectivity index (χ0) is 11.5. The topological polar surface area (TPSA) is 41.1 Å². The second kappa shape index (κ2) is 4.66. The lowest BCUT2D eigenvalue weighted by Crippen LogP contribution is -2.19. The van der Waals surface area contributed by atoms with E-state index in [0.29, 0.717) is 11.6 Å². The van der Waals surface area contributed by atoms with Crippen molar-refractivity contribution in [2.75, 3.05) is 7.05 Å². The third kappa shape index (κ3) is 2.61. The summed E-state index contributed by atoms with van der Waals surface area (Å²) in [5.74, 6) is 0.792. The maximum absolute atomic E-state index is 11.3. The molecule has 1 amide bonds. The number of hydrogen-bond acceptors (Lipinski definition) is 2. The highest BCUT2D eigenvalue weighted by Gasteiger charge is 2.31. The molecule has 1 aromatic rings. The van der Waals surface area contributed by atoms with Gasteiger partial charge in [-0.3, -0.25) is 4.79 Å². The summed E-state index contributed by atoms with van der Waals surface area (Å²) >= 11 is 0. The number of amides is 1. The molecule has 3 heteroatoms. The van der Waals surface area contributed by atoms with Gasteiger partial charge in [-0.05, 0) is 30.0 Å². The molecule has 2 atom stereocenters. The van der Waals surface area contributed by atoms with Crippen LogP contribution in [0.3, 0.4) is 0 Å². The Morgan fingerprint density at radius 1 is 1.38 bits per heavy atom. The van der Waals surface area contributed by atoms with Gasteiger partial charge < -0.3 is 10.6 Å². The smallest absolute Gasteiger partial charge is 0.251 e. The molecule has 2 rings (SSSR count). The third-order valence-electron chi connectivity index (χ3n) is 3.12. The lowest BCUT2D eigenvalue weighted by atomic mass is 10.1. The molecule has 1 aliphatic carbocycles. The van der Waals surface area contributed by atoms with Crippen molar-refractivity contribution in [3.05, 3.63) is 35.4 Å². The molecule has 1 aromatic carbocycles. The minimum Gasteiger partial charge on any atom is -0.355 e. The van der Waals surface area contributed by atoms with E-state index in [-0.39, 0.29) is 5.91 Å². The summed E-state index contributed by atoms with van der Waals surface area (Å²) in [5.41, 5.74) is 1.94. The Morgan fingerprint density at radius 2 is 2.00 bits per heavy atom. The van der Waals surface area contributed by atoms with Crippen molar-refractivity contribution in [1.29, 1.82) is 0 Å². The van der Waals surface area contributed by atoms with Gasteiger partial charge in [-0.25, -0.2) is 0 Å². The number of hydrogen-bond donors (Lipinski definition) is 2. The number of carbonyl (C=O) groups is 1.